The molecule has 2 aliphatic rings. The number of carbonyl (C=O) groups is 1. The molecule has 3 atom stereocenters. The molecule has 5 rings (SSSR count). The van der Waals surface area contributed by atoms with E-state index in [4.69, 9.17) is 16.3 Å². The highest BCUT2D eigenvalue weighted by molar-refractivity contribution is 6.34. The van der Waals surface area contributed by atoms with Crippen molar-refractivity contribution in [3.05, 3.63) is 76.5 Å². The first-order valence-corrected chi connectivity index (χ1v) is 10.9. The molecule has 0 radical (unpaired) electrons. The Morgan fingerprint density at radius 1 is 1.22 bits per heavy atom. The Labute approximate surface area is 189 Å². The molecule has 162 valence electrons. The molecule has 0 saturated carbocycles. The van der Waals surface area contributed by atoms with Crippen LogP contribution in [0.2, 0.25) is 5.02 Å². The zero-order valence-corrected chi connectivity index (χ0v) is 17.8. The molecule has 3 aromatic rings. The van der Waals surface area contributed by atoms with Gasteiger partial charge in [-0.15, -0.1) is 0 Å². The predicted octanol–water partition coefficient (Wildman–Crippen LogP) is 4.29. The molecule has 2 bridgehead atoms. The lowest BCUT2D eigenvalue weighted by molar-refractivity contribution is 0.0883. The van der Waals surface area contributed by atoms with Gasteiger partial charge in [-0.05, 0) is 37.5 Å². The van der Waals surface area contributed by atoms with Gasteiger partial charge in [0.25, 0.3) is 5.91 Å². The summed E-state index contributed by atoms with van der Waals surface area (Å²) in [5, 5.41) is 6.96. The molecule has 1 aromatic carbocycles. The van der Waals surface area contributed by atoms with Gasteiger partial charge in [-0.25, -0.2) is 9.37 Å². The van der Waals surface area contributed by atoms with Crippen LogP contribution in [0.5, 0.6) is 0 Å². The van der Waals surface area contributed by atoms with Crippen molar-refractivity contribution in [1.82, 2.24) is 14.8 Å². The van der Waals surface area contributed by atoms with Gasteiger partial charge in [-0.2, -0.15) is 5.10 Å². The molecule has 8 heteroatoms. The van der Waals surface area contributed by atoms with Crippen molar-refractivity contribution in [2.24, 2.45) is 5.92 Å². The van der Waals surface area contributed by atoms with E-state index in [0.717, 1.165) is 24.8 Å². The number of hydrogen-bond acceptors (Lipinski definition) is 4. The number of benzene rings is 1. The summed E-state index contributed by atoms with van der Waals surface area (Å²) in [5.41, 5.74) is 1.40. The van der Waals surface area contributed by atoms with Crippen molar-refractivity contribution in [2.75, 3.05) is 5.32 Å². The topological polar surface area (TPSA) is 69.0 Å². The van der Waals surface area contributed by atoms with Crippen molar-refractivity contribution >= 4 is 23.3 Å². The number of ether oxygens (including phenoxy) is 1. The van der Waals surface area contributed by atoms with E-state index in [9.17, 15) is 9.18 Å². The minimum atomic E-state index is -0.679. The van der Waals surface area contributed by atoms with Crippen LogP contribution in [0.15, 0.2) is 48.8 Å². The van der Waals surface area contributed by atoms with E-state index >= 15 is 0 Å². The molecule has 6 nitrogen and oxygen atoms in total. The van der Waals surface area contributed by atoms with E-state index in [1.54, 1.807) is 4.68 Å². The highest BCUT2D eigenvalue weighted by atomic mass is 35.5. The van der Waals surface area contributed by atoms with E-state index in [1.807, 2.05) is 30.3 Å². The molecule has 2 saturated heterocycles. The van der Waals surface area contributed by atoms with Crippen LogP contribution in [0.3, 0.4) is 0 Å². The third kappa shape index (κ3) is 4.24. The molecule has 2 aromatic heterocycles. The average molecular weight is 451 g/mol. The number of halogens is 2. The van der Waals surface area contributed by atoms with Crippen LogP contribution in [-0.2, 0) is 11.3 Å². The van der Waals surface area contributed by atoms with Gasteiger partial charge in [0.15, 0.2) is 11.6 Å². The summed E-state index contributed by atoms with van der Waals surface area (Å²) in [6.07, 6.45) is 6.41. The zero-order valence-electron chi connectivity index (χ0n) is 17.1. The second-order valence-electron chi connectivity index (χ2n) is 8.02. The first-order valence-electron chi connectivity index (χ1n) is 10.5. The van der Waals surface area contributed by atoms with Gasteiger partial charge in [0.05, 0.1) is 23.4 Å². The smallest absolute Gasteiger partial charge is 0.276 e. The van der Waals surface area contributed by atoms with Gasteiger partial charge < -0.3 is 10.1 Å². The maximum atomic E-state index is 14.6. The molecule has 4 heterocycles. The molecular weight excluding hydrogens is 431 g/mol. The van der Waals surface area contributed by atoms with Gasteiger partial charge >= 0.3 is 0 Å². The van der Waals surface area contributed by atoms with Crippen molar-refractivity contribution in [3.63, 3.8) is 0 Å². The highest BCUT2D eigenvalue weighted by Gasteiger charge is 2.41. The third-order valence-electron chi connectivity index (χ3n) is 5.85. The Kier molecular flexibility index (Phi) is 5.64. The predicted molar refractivity (Wildman–Crippen MR) is 118 cm³/mol. The Balaban J connectivity index is 1.30. The first-order chi connectivity index (χ1) is 15.6. The highest BCUT2D eigenvalue weighted by Crippen LogP contribution is 2.39. The SMILES string of the molecule is O=C(Nc1ncc(C#Cc2ccccc2)cc1F)c1c(Cl)cnn1C[C@@H]1C[C@H]2CC[C@@H]1O2. The Morgan fingerprint density at radius 3 is 2.75 bits per heavy atom. The lowest BCUT2D eigenvalue weighted by Crippen LogP contribution is -2.26. The summed E-state index contributed by atoms with van der Waals surface area (Å²) in [5.74, 6) is 4.67. The third-order valence-corrected chi connectivity index (χ3v) is 6.12. The van der Waals surface area contributed by atoms with E-state index in [-0.39, 0.29) is 28.6 Å². The molecule has 2 aliphatic heterocycles. The van der Waals surface area contributed by atoms with E-state index < -0.39 is 11.7 Å². The Bertz CT molecular complexity index is 1220. The second-order valence-corrected chi connectivity index (χ2v) is 8.42. The lowest BCUT2D eigenvalue weighted by Gasteiger charge is -2.19. The number of carbonyl (C=O) groups excluding carboxylic acids is 1. The molecular formula is C24H20ClFN4O2. The van der Waals surface area contributed by atoms with Crippen LogP contribution in [-0.4, -0.2) is 32.9 Å². The largest absolute Gasteiger partial charge is 0.375 e. The summed E-state index contributed by atoms with van der Waals surface area (Å²) in [4.78, 5) is 16.9. The number of pyridine rings is 1. The molecule has 2 fully saturated rings. The average Bonchev–Trinajstić information content (AvgIpc) is 3.51. The van der Waals surface area contributed by atoms with Crippen LogP contribution in [0.25, 0.3) is 0 Å². The summed E-state index contributed by atoms with van der Waals surface area (Å²) in [6, 6.07) is 10.6. The standard InChI is InChI=1S/C24H20ClFN4O2/c25-19-13-28-30(14-17-11-18-8-9-21(17)32-18)22(19)24(31)29-23-20(26)10-16(12-27-23)7-6-15-4-2-1-3-5-15/h1-5,10,12-13,17-18,21H,8-9,11,14H2,(H,27,29,31)/t17-,18+,21-/m0/s1. The van der Waals surface area contributed by atoms with Crippen molar-refractivity contribution < 1.29 is 13.9 Å². The van der Waals surface area contributed by atoms with Gasteiger partial charge in [-0.3, -0.25) is 9.48 Å². The summed E-state index contributed by atoms with van der Waals surface area (Å²) >= 11 is 6.23. The second kappa shape index (κ2) is 8.73. The maximum Gasteiger partial charge on any atom is 0.276 e. The van der Waals surface area contributed by atoms with E-state index in [0.29, 0.717) is 18.2 Å². The van der Waals surface area contributed by atoms with Crippen LogP contribution in [0, 0.1) is 23.6 Å². The fourth-order valence-corrected chi connectivity index (χ4v) is 4.54. The van der Waals surface area contributed by atoms with Crippen molar-refractivity contribution in [1.29, 1.82) is 0 Å². The number of rotatable bonds is 4. The van der Waals surface area contributed by atoms with E-state index in [1.165, 1.54) is 18.5 Å². The van der Waals surface area contributed by atoms with Gasteiger partial charge in [0, 0.05) is 29.8 Å². The number of nitrogens with one attached hydrogen (secondary N) is 1. The van der Waals surface area contributed by atoms with Crippen LogP contribution >= 0.6 is 11.6 Å². The van der Waals surface area contributed by atoms with Crippen LogP contribution in [0.4, 0.5) is 10.2 Å². The quantitative estimate of drug-likeness (QED) is 0.602. The number of anilines is 1. The van der Waals surface area contributed by atoms with Gasteiger partial charge in [-0.1, -0.05) is 41.6 Å². The fourth-order valence-electron chi connectivity index (χ4n) is 4.31. The molecule has 0 spiro atoms. The molecule has 0 unspecified atom stereocenters. The number of amides is 1. The van der Waals surface area contributed by atoms with Crippen LogP contribution < -0.4 is 5.32 Å². The summed E-state index contributed by atoms with van der Waals surface area (Å²) in [7, 11) is 0. The first kappa shape index (κ1) is 20.7. The molecule has 0 aliphatic carbocycles. The number of fused-ring (bicyclic) bond motifs is 2. The zero-order chi connectivity index (χ0) is 22.1. The normalized spacial score (nSPS) is 21.2. The Hall–Kier alpha value is -3.21. The fraction of sp³-hybridized carbons (Fsp3) is 0.292. The van der Waals surface area contributed by atoms with Crippen LogP contribution in [0.1, 0.15) is 40.9 Å². The molecule has 32 heavy (non-hydrogen) atoms. The van der Waals surface area contributed by atoms with Gasteiger partial charge in [0.2, 0.25) is 0 Å². The summed E-state index contributed by atoms with van der Waals surface area (Å²) < 4.78 is 22.1. The lowest BCUT2D eigenvalue weighted by atomic mass is 9.89. The molecule has 1 N–H and O–H groups in total. The minimum absolute atomic E-state index is 0.184. The number of nitrogens with zero attached hydrogens (tertiary/aromatic N) is 3. The Morgan fingerprint density at radius 2 is 2.03 bits per heavy atom. The number of hydrogen-bond donors (Lipinski definition) is 1. The monoisotopic (exact) mass is 450 g/mol. The van der Waals surface area contributed by atoms with Crippen molar-refractivity contribution in [2.45, 2.75) is 38.0 Å². The van der Waals surface area contributed by atoms with Gasteiger partial charge in [0.1, 0.15) is 5.69 Å². The number of aromatic nitrogens is 3. The summed E-state index contributed by atoms with van der Waals surface area (Å²) in [6.45, 7) is 0.528. The minimum Gasteiger partial charge on any atom is -0.375 e. The molecule has 1 amide bonds. The van der Waals surface area contributed by atoms with E-state index in [2.05, 4.69) is 27.2 Å². The van der Waals surface area contributed by atoms with Crippen molar-refractivity contribution in [3.8, 4) is 11.8 Å². The maximum absolute atomic E-state index is 14.6.